The summed E-state index contributed by atoms with van der Waals surface area (Å²) in [6.45, 7) is 0. The van der Waals surface area contributed by atoms with Gasteiger partial charge in [-0.25, -0.2) is 4.79 Å². The van der Waals surface area contributed by atoms with E-state index in [2.05, 4.69) is 16.0 Å². The zero-order valence-corrected chi connectivity index (χ0v) is 25.2. The highest BCUT2D eigenvalue weighted by Gasteiger charge is 2.17. The molecular formula is C31H22Cl3N3O5S. The van der Waals surface area contributed by atoms with Gasteiger partial charge < -0.3 is 21.1 Å². The molecular weight excluding hydrogens is 633 g/mol. The summed E-state index contributed by atoms with van der Waals surface area (Å²) in [5, 5.41) is 18.1. The monoisotopic (exact) mass is 653 g/mol. The number of carbonyl (C=O) groups excluding carboxylic acids is 3. The lowest BCUT2D eigenvalue weighted by Crippen LogP contribution is -2.30. The van der Waals surface area contributed by atoms with Gasteiger partial charge in [-0.1, -0.05) is 65.1 Å². The van der Waals surface area contributed by atoms with Crippen molar-refractivity contribution in [3.05, 3.63) is 128 Å². The maximum atomic E-state index is 13.4. The molecule has 0 heterocycles. The first-order valence-electron chi connectivity index (χ1n) is 12.5. The normalized spacial score (nSPS) is 11.0. The zero-order valence-electron chi connectivity index (χ0n) is 22.1. The lowest BCUT2D eigenvalue weighted by atomic mass is 10.1. The van der Waals surface area contributed by atoms with E-state index < -0.39 is 23.7 Å². The lowest BCUT2D eigenvalue weighted by Gasteiger charge is -2.13. The van der Waals surface area contributed by atoms with E-state index in [-0.39, 0.29) is 27.7 Å². The molecule has 0 aliphatic heterocycles. The Kier molecular flexibility index (Phi) is 10.9. The minimum absolute atomic E-state index is 0.0116. The summed E-state index contributed by atoms with van der Waals surface area (Å²) >= 11 is 19.6. The van der Waals surface area contributed by atoms with Crippen molar-refractivity contribution in [3.8, 4) is 0 Å². The standard InChI is InChI=1S/C31H22Cl3N3O5S/c32-21-11-9-19(25(34)15-21)13-27(37-29(39)18-5-2-1-3-6-18)30(40)35-22-7-4-8-23(16-22)43-17-28(38)36-26-14-20(31(41)42)10-12-24(26)33/h1-16H,17H2,(H,35,40)(H,36,38)(H,37,39)(H,41,42)/b27-13+. The second-order valence-electron chi connectivity index (χ2n) is 8.86. The van der Waals surface area contributed by atoms with Crippen LogP contribution < -0.4 is 16.0 Å². The van der Waals surface area contributed by atoms with Gasteiger partial charge in [0.25, 0.3) is 11.8 Å². The second kappa shape index (κ2) is 14.8. The molecule has 0 saturated carbocycles. The van der Waals surface area contributed by atoms with Crippen LogP contribution in [-0.2, 0) is 9.59 Å². The predicted octanol–water partition coefficient (Wildman–Crippen LogP) is 7.49. The Morgan fingerprint density at radius 3 is 2.26 bits per heavy atom. The van der Waals surface area contributed by atoms with E-state index in [1.807, 2.05) is 0 Å². The number of carboxylic acids is 1. The summed E-state index contributed by atoms with van der Waals surface area (Å²) in [6, 6.07) is 24.0. The fourth-order valence-electron chi connectivity index (χ4n) is 3.67. The molecule has 0 atom stereocenters. The molecule has 218 valence electrons. The van der Waals surface area contributed by atoms with E-state index >= 15 is 0 Å². The van der Waals surface area contributed by atoms with E-state index in [9.17, 15) is 24.3 Å². The van der Waals surface area contributed by atoms with Crippen molar-refractivity contribution in [2.75, 3.05) is 16.4 Å². The number of carbonyl (C=O) groups is 4. The molecule has 4 N–H and O–H groups in total. The van der Waals surface area contributed by atoms with Crippen LogP contribution in [-0.4, -0.2) is 34.6 Å². The second-order valence-corrected chi connectivity index (χ2v) is 11.2. The minimum Gasteiger partial charge on any atom is -0.478 e. The maximum absolute atomic E-state index is 13.4. The van der Waals surface area contributed by atoms with Crippen molar-refractivity contribution >= 4 is 87.7 Å². The third-order valence-corrected chi connectivity index (χ3v) is 7.63. The molecule has 3 amide bonds. The van der Waals surface area contributed by atoms with Crippen molar-refractivity contribution in [2.24, 2.45) is 0 Å². The van der Waals surface area contributed by atoms with E-state index in [0.29, 0.717) is 31.8 Å². The topological polar surface area (TPSA) is 125 Å². The summed E-state index contributed by atoms with van der Waals surface area (Å²) in [6.07, 6.45) is 1.45. The number of amides is 3. The zero-order chi connectivity index (χ0) is 30.9. The van der Waals surface area contributed by atoms with Gasteiger partial charge in [0.05, 0.1) is 22.0 Å². The van der Waals surface area contributed by atoms with E-state index in [1.54, 1.807) is 66.7 Å². The third kappa shape index (κ3) is 9.10. The van der Waals surface area contributed by atoms with Crippen LogP contribution in [0, 0.1) is 0 Å². The first-order valence-corrected chi connectivity index (χ1v) is 14.6. The summed E-state index contributed by atoms with van der Waals surface area (Å²) < 4.78 is 0. The van der Waals surface area contributed by atoms with Crippen molar-refractivity contribution < 1.29 is 24.3 Å². The molecule has 43 heavy (non-hydrogen) atoms. The predicted molar refractivity (Wildman–Crippen MR) is 171 cm³/mol. The Bertz CT molecular complexity index is 1730. The molecule has 0 radical (unpaired) electrons. The molecule has 0 bridgehead atoms. The van der Waals surface area contributed by atoms with Crippen LogP contribution in [0.1, 0.15) is 26.3 Å². The summed E-state index contributed by atoms with van der Waals surface area (Å²) in [5.41, 5.74) is 1.35. The van der Waals surface area contributed by atoms with Crippen LogP contribution in [0.3, 0.4) is 0 Å². The number of hydrogen-bond acceptors (Lipinski definition) is 5. The molecule has 0 aliphatic rings. The van der Waals surface area contributed by atoms with Gasteiger partial charge in [-0.15, -0.1) is 11.8 Å². The Labute approximate surface area is 266 Å². The smallest absolute Gasteiger partial charge is 0.335 e. The van der Waals surface area contributed by atoms with Gasteiger partial charge in [0, 0.05) is 26.2 Å². The molecule has 0 saturated heterocycles. The van der Waals surface area contributed by atoms with Crippen LogP contribution in [0.5, 0.6) is 0 Å². The number of anilines is 2. The summed E-state index contributed by atoms with van der Waals surface area (Å²) in [4.78, 5) is 50.7. The van der Waals surface area contributed by atoms with Crippen LogP contribution in [0.25, 0.3) is 6.08 Å². The Hall–Kier alpha value is -4.28. The molecule has 0 aromatic heterocycles. The van der Waals surface area contributed by atoms with Gasteiger partial charge in [-0.05, 0) is 72.3 Å². The van der Waals surface area contributed by atoms with Crippen LogP contribution in [0.2, 0.25) is 15.1 Å². The molecule has 0 aliphatic carbocycles. The molecule has 12 heteroatoms. The van der Waals surface area contributed by atoms with Crippen molar-refractivity contribution in [1.82, 2.24) is 5.32 Å². The average molecular weight is 655 g/mol. The number of halogens is 3. The molecule has 0 fully saturated rings. The van der Waals surface area contributed by atoms with E-state index in [1.165, 1.54) is 42.1 Å². The Balaban J connectivity index is 1.47. The number of rotatable bonds is 10. The summed E-state index contributed by atoms with van der Waals surface area (Å²) in [7, 11) is 0. The highest BCUT2D eigenvalue weighted by atomic mass is 35.5. The van der Waals surface area contributed by atoms with Gasteiger partial charge >= 0.3 is 5.97 Å². The number of aromatic carboxylic acids is 1. The van der Waals surface area contributed by atoms with Gasteiger partial charge in [0.1, 0.15) is 5.70 Å². The molecule has 4 aromatic rings. The fourth-order valence-corrected chi connectivity index (χ4v) is 5.05. The van der Waals surface area contributed by atoms with E-state index in [0.717, 1.165) is 0 Å². The van der Waals surface area contributed by atoms with Crippen LogP contribution in [0.15, 0.2) is 102 Å². The van der Waals surface area contributed by atoms with Gasteiger partial charge in [0.2, 0.25) is 5.91 Å². The molecule has 0 spiro atoms. The molecule has 4 aromatic carbocycles. The summed E-state index contributed by atoms with van der Waals surface area (Å²) in [5.74, 6) is -2.66. The Morgan fingerprint density at radius 2 is 1.53 bits per heavy atom. The third-order valence-electron chi connectivity index (χ3n) is 5.74. The molecule has 0 unspecified atom stereocenters. The van der Waals surface area contributed by atoms with Crippen molar-refractivity contribution in [2.45, 2.75) is 4.90 Å². The van der Waals surface area contributed by atoms with Crippen molar-refractivity contribution in [3.63, 3.8) is 0 Å². The van der Waals surface area contributed by atoms with Gasteiger partial charge in [0.15, 0.2) is 0 Å². The quantitative estimate of drug-likeness (QED) is 0.104. The number of hydrogen-bond donors (Lipinski definition) is 4. The minimum atomic E-state index is -1.14. The van der Waals surface area contributed by atoms with Crippen LogP contribution >= 0.6 is 46.6 Å². The van der Waals surface area contributed by atoms with Gasteiger partial charge in [-0.3, -0.25) is 14.4 Å². The highest BCUT2D eigenvalue weighted by molar-refractivity contribution is 8.00. The highest BCUT2D eigenvalue weighted by Crippen LogP contribution is 2.26. The first-order chi connectivity index (χ1) is 20.6. The average Bonchev–Trinajstić information content (AvgIpc) is 2.98. The maximum Gasteiger partial charge on any atom is 0.335 e. The van der Waals surface area contributed by atoms with Crippen molar-refractivity contribution in [1.29, 1.82) is 0 Å². The van der Waals surface area contributed by atoms with E-state index in [4.69, 9.17) is 34.8 Å². The number of benzene rings is 4. The first kappa shape index (κ1) is 31.7. The van der Waals surface area contributed by atoms with Gasteiger partial charge in [-0.2, -0.15) is 0 Å². The molecule has 8 nitrogen and oxygen atoms in total. The molecule has 4 rings (SSSR count). The Morgan fingerprint density at radius 1 is 0.767 bits per heavy atom. The SMILES string of the molecule is O=C(CSc1cccc(NC(=O)/C(=C\c2ccc(Cl)cc2Cl)NC(=O)c2ccccc2)c1)Nc1cc(C(=O)O)ccc1Cl. The fraction of sp³-hybridized carbons (Fsp3) is 0.0323. The number of thioether (sulfide) groups is 1. The van der Waals surface area contributed by atoms with Crippen LogP contribution in [0.4, 0.5) is 11.4 Å². The largest absolute Gasteiger partial charge is 0.478 e. The number of carboxylic acid groups (broad SMARTS) is 1. The number of nitrogens with one attached hydrogen (secondary N) is 3. The lowest BCUT2D eigenvalue weighted by molar-refractivity contribution is -0.114.